The lowest BCUT2D eigenvalue weighted by molar-refractivity contribution is 1.01. The summed E-state index contributed by atoms with van der Waals surface area (Å²) in [6.45, 7) is 0. The number of rotatable bonds is 1. The Kier molecular flexibility index (Phi) is 1.83. The molecule has 0 aliphatic carbocycles. The largest absolute Gasteiger partial charge is 0.275 e. The molecule has 5 heteroatoms. The number of fused-ring (bicyclic) bond motifs is 1. The Morgan fingerprint density at radius 2 is 1.88 bits per heavy atom. The number of H-pyrrole nitrogens is 2. The maximum Gasteiger partial charge on any atom is 0.275 e. The molecule has 0 amide bonds. The van der Waals surface area contributed by atoms with Gasteiger partial charge in [-0.25, -0.2) is 5.10 Å². The van der Waals surface area contributed by atoms with Crippen LogP contribution in [0.15, 0.2) is 41.3 Å². The molecule has 0 saturated carbocycles. The first-order valence-corrected chi connectivity index (χ1v) is 4.83. The molecule has 1 aromatic carbocycles. The Balaban J connectivity index is 2.38. The van der Waals surface area contributed by atoms with Gasteiger partial charge in [0.2, 0.25) is 0 Å². The van der Waals surface area contributed by atoms with Gasteiger partial charge in [-0.3, -0.25) is 9.89 Å². The zero-order valence-electron chi connectivity index (χ0n) is 8.27. The summed E-state index contributed by atoms with van der Waals surface area (Å²) in [4.78, 5) is 11.7. The summed E-state index contributed by atoms with van der Waals surface area (Å²) in [5.41, 5.74) is 1.97. The van der Waals surface area contributed by atoms with E-state index in [-0.39, 0.29) is 5.56 Å². The van der Waals surface area contributed by atoms with Gasteiger partial charge in [0.15, 0.2) is 0 Å². The number of benzene rings is 1. The van der Waals surface area contributed by atoms with Gasteiger partial charge in [0.1, 0.15) is 5.69 Å². The van der Waals surface area contributed by atoms with Crippen molar-refractivity contribution in [1.29, 1.82) is 0 Å². The molecule has 0 fully saturated rings. The summed E-state index contributed by atoms with van der Waals surface area (Å²) in [6, 6.07) is 9.56. The van der Waals surface area contributed by atoms with E-state index in [9.17, 15) is 4.79 Å². The van der Waals surface area contributed by atoms with Gasteiger partial charge in [0.25, 0.3) is 5.56 Å². The highest BCUT2D eigenvalue weighted by Gasteiger charge is 2.10. The van der Waals surface area contributed by atoms with Crippen molar-refractivity contribution in [2.75, 3.05) is 0 Å². The van der Waals surface area contributed by atoms with E-state index in [4.69, 9.17) is 0 Å². The van der Waals surface area contributed by atoms with Gasteiger partial charge >= 0.3 is 0 Å². The standard InChI is InChI=1S/C11H8N4O/c16-11-9-8(6-12-15-11)13-14-10(9)7-4-2-1-3-5-7/h1-6H,(H,13,14)(H,15,16). The summed E-state index contributed by atoms with van der Waals surface area (Å²) >= 11 is 0. The van der Waals surface area contributed by atoms with Gasteiger partial charge in [-0.1, -0.05) is 30.3 Å². The third-order valence-electron chi connectivity index (χ3n) is 2.43. The Labute approximate surface area is 90.1 Å². The highest BCUT2D eigenvalue weighted by Crippen LogP contribution is 2.21. The third kappa shape index (κ3) is 1.22. The number of aromatic nitrogens is 4. The highest BCUT2D eigenvalue weighted by molar-refractivity contribution is 5.91. The topological polar surface area (TPSA) is 74.4 Å². The van der Waals surface area contributed by atoms with Gasteiger partial charge in [0, 0.05) is 5.56 Å². The molecule has 0 radical (unpaired) electrons. The van der Waals surface area contributed by atoms with Crippen molar-refractivity contribution in [2.24, 2.45) is 0 Å². The van der Waals surface area contributed by atoms with E-state index in [0.717, 1.165) is 5.56 Å². The number of nitrogens with one attached hydrogen (secondary N) is 2. The van der Waals surface area contributed by atoms with Crippen molar-refractivity contribution in [3.05, 3.63) is 46.9 Å². The quantitative estimate of drug-likeness (QED) is 0.638. The highest BCUT2D eigenvalue weighted by atomic mass is 16.1. The molecule has 0 aliphatic heterocycles. The zero-order valence-corrected chi connectivity index (χ0v) is 8.27. The van der Waals surface area contributed by atoms with Crippen LogP contribution in [0.4, 0.5) is 0 Å². The van der Waals surface area contributed by atoms with Crippen molar-refractivity contribution in [2.45, 2.75) is 0 Å². The lowest BCUT2D eigenvalue weighted by atomic mass is 10.1. The summed E-state index contributed by atoms with van der Waals surface area (Å²) in [5, 5.41) is 13.6. The van der Waals surface area contributed by atoms with E-state index in [1.54, 1.807) is 6.20 Å². The van der Waals surface area contributed by atoms with Crippen LogP contribution >= 0.6 is 0 Å². The molecule has 3 aromatic rings. The molecular weight excluding hydrogens is 204 g/mol. The summed E-state index contributed by atoms with van der Waals surface area (Å²) in [7, 11) is 0. The van der Waals surface area contributed by atoms with Crippen LogP contribution < -0.4 is 5.56 Å². The average Bonchev–Trinajstić information content (AvgIpc) is 2.75. The minimum Gasteiger partial charge on any atom is -0.275 e. The fourth-order valence-corrected chi connectivity index (χ4v) is 1.70. The third-order valence-corrected chi connectivity index (χ3v) is 2.43. The van der Waals surface area contributed by atoms with Crippen LogP contribution in [-0.2, 0) is 0 Å². The number of hydrogen-bond acceptors (Lipinski definition) is 3. The maximum absolute atomic E-state index is 11.7. The summed E-state index contributed by atoms with van der Waals surface area (Å²) in [6.07, 6.45) is 1.55. The van der Waals surface area contributed by atoms with Crippen LogP contribution in [0, 0.1) is 0 Å². The second kappa shape index (κ2) is 3.30. The van der Waals surface area contributed by atoms with Crippen molar-refractivity contribution in [3.63, 3.8) is 0 Å². The lowest BCUT2D eigenvalue weighted by Crippen LogP contribution is -2.07. The molecule has 5 nitrogen and oxygen atoms in total. The van der Waals surface area contributed by atoms with Crippen molar-refractivity contribution >= 4 is 10.9 Å². The molecule has 2 heterocycles. The lowest BCUT2D eigenvalue weighted by Gasteiger charge is -1.95. The maximum atomic E-state index is 11.7. The van der Waals surface area contributed by atoms with E-state index in [2.05, 4.69) is 20.4 Å². The molecule has 0 atom stereocenters. The Morgan fingerprint density at radius 3 is 2.69 bits per heavy atom. The monoisotopic (exact) mass is 212 g/mol. The molecule has 0 aliphatic rings. The second-order valence-corrected chi connectivity index (χ2v) is 3.43. The van der Waals surface area contributed by atoms with Gasteiger partial charge in [0.05, 0.1) is 17.1 Å². The molecule has 0 spiro atoms. The van der Waals surface area contributed by atoms with Crippen LogP contribution in [0.2, 0.25) is 0 Å². The molecule has 0 saturated heterocycles. The Hall–Kier alpha value is -2.43. The molecule has 78 valence electrons. The normalized spacial score (nSPS) is 10.8. The molecule has 0 bridgehead atoms. The van der Waals surface area contributed by atoms with Gasteiger partial charge in [-0.15, -0.1) is 0 Å². The average molecular weight is 212 g/mol. The van der Waals surface area contributed by atoms with Gasteiger partial charge in [-0.2, -0.15) is 10.2 Å². The van der Waals surface area contributed by atoms with E-state index in [1.165, 1.54) is 0 Å². The van der Waals surface area contributed by atoms with E-state index < -0.39 is 0 Å². The molecule has 0 unspecified atom stereocenters. The fourth-order valence-electron chi connectivity index (χ4n) is 1.70. The van der Waals surface area contributed by atoms with E-state index in [0.29, 0.717) is 16.6 Å². The molecule has 3 rings (SSSR count). The minimum absolute atomic E-state index is 0.231. The van der Waals surface area contributed by atoms with Crippen LogP contribution in [0.1, 0.15) is 0 Å². The van der Waals surface area contributed by atoms with Crippen LogP contribution in [0.3, 0.4) is 0 Å². The SMILES string of the molecule is O=c1[nH]ncc2[nH]nc(-c3ccccc3)c12. The van der Waals surface area contributed by atoms with Gasteiger partial charge in [-0.05, 0) is 0 Å². The van der Waals surface area contributed by atoms with E-state index in [1.807, 2.05) is 30.3 Å². The van der Waals surface area contributed by atoms with Crippen molar-refractivity contribution in [3.8, 4) is 11.3 Å². The first-order valence-electron chi connectivity index (χ1n) is 4.83. The second-order valence-electron chi connectivity index (χ2n) is 3.43. The summed E-state index contributed by atoms with van der Waals surface area (Å²) in [5.74, 6) is 0. The molecular formula is C11H8N4O. The van der Waals surface area contributed by atoms with Crippen LogP contribution in [-0.4, -0.2) is 20.4 Å². The Bertz CT molecular complexity index is 684. The van der Waals surface area contributed by atoms with Crippen molar-refractivity contribution < 1.29 is 0 Å². The van der Waals surface area contributed by atoms with Crippen molar-refractivity contribution in [1.82, 2.24) is 20.4 Å². The number of nitrogens with zero attached hydrogens (tertiary/aromatic N) is 2. The minimum atomic E-state index is -0.231. The first-order chi connectivity index (χ1) is 7.86. The zero-order chi connectivity index (χ0) is 11.0. The Morgan fingerprint density at radius 1 is 1.06 bits per heavy atom. The molecule has 2 aromatic heterocycles. The number of hydrogen-bond donors (Lipinski definition) is 2. The van der Waals surface area contributed by atoms with E-state index >= 15 is 0 Å². The fraction of sp³-hybridized carbons (Fsp3) is 0. The summed E-state index contributed by atoms with van der Waals surface area (Å²) < 4.78 is 0. The molecule has 16 heavy (non-hydrogen) atoms. The predicted molar refractivity (Wildman–Crippen MR) is 59.9 cm³/mol. The van der Waals surface area contributed by atoms with Crippen LogP contribution in [0.5, 0.6) is 0 Å². The van der Waals surface area contributed by atoms with Crippen LogP contribution in [0.25, 0.3) is 22.2 Å². The first kappa shape index (κ1) is 8.84. The smallest absolute Gasteiger partial charge is 0.275 e. The van der Waals surface area contributed by atoms with Gasteiger partial charge < -0.3 is 0 Å². The molecule has 2 N–H and O–H groups in total. The predicted octanol–water partition coefficient (Wildman–Crippen LogP) is 1.31. The number of aromatic amines is 2.